The Morgan fingerprint density at radius 3 is 1.94 bits per heavy atom. The van der Waals surface area contributed by atoms with Crippen LogP contribution in [0.1, 0.15) is 44.9 Å². The van der Waals surface area contributed by atoms with Crippen LogP contribution >= 0.6 is 0 Å². The molecule has 108 valence electrons. The Balaban J connectivity index is 1.63. The minimum absolute atomic E-state index is 0.795. The summed E-state index contributed by atoms with van der Waals surface area (Å²) in [6.07, 6.45) is 9.09. The average Bonchev–Trinajstić information content (AvgIpc) is 2.33. The zero-order chi connectivity index (χ0) is 12.9. The van der Waals surface area contributed by atoms with Crippen LogP contribution < -0.4 is 21.7 Å². The summed E-state index contributed by atoms with van der Waals surface area (Å²) < 4.78 is 0. The summed E-state index contributed by atoms with van der Waals surface area (Å²) in [4.78, 5) is 0. The van der Waals surface area contributed by atoms with Gasteiger partial charge in [0.05, 0.1) is 0 Å². The van der Waals surface area contributed by atoms with Crippen molar-refractivity contribution < 1.29 is 0 Å². The second-order valence-corrected chi connectivity index (χ2v) is 5.28. The Morgan fingerprint density at radius 2 is 1.39 bits per heavy atom. The molecule has 1 saturated carbocycles. The smallest absolute Gasteiger partial charge is 0.00670 e. The van der Waals surface area contributed by atoms with Crippen LogP contribution in [-0.2, 0) is 0 Å². The monoisotopic (exact) mass is 256 g/mol. The Bertz CT molecular complexity index is 171. The van der Waals surface area contributed by atoms with Crippen molar-refractivity contribution in [3.05, 3.63) is 0 Å². The maximum atomic E-state index is 5.42. The SMILES string of the molecule is NCCCNCCCCNCCCNC1CCC1. The average molecular weight is 256 g/mol. The number of nitrogens with two attached hydrogens (primary N) is 1. The van der Waals surface area contributed by atoms with Crippen molar-refractivity contribution >= 4 is 0 Å². The molecule has 0 spiro atoms. The van der Waals surface area contributed by atoms with Gasteiger partial charge >= 0.3 is 0 Å². The zero-order valence-electron chi connectivity index (χ0n) is 11.8. The molecule has 0 aromatic heterocycles. The van der Waals surface area contributed by atoms with Crippen LogP contribution in [-0.4, -0.2) is 45.3 Å². The van der Waals surface area contributed by atoms with Crippen LogP contribution in [0.25, 0.3) is 0 Å². The molecule has 5 N–H and O–H groups in total. The molecule has 0 amide bonds. The van der Waals surface area contributed by atoms with Gasteiger partial charge in [0, 0.05) is 6.04 Å². The van der Waals surface area contributed by atoms with Gasteiger partial charge in [-0.1, -0.05) is 6.42 Å². The predicted octanol–water partition coefficient (Wildman–Crippen LogP) is 0.827. The Morgan fingerprint density at radius 1 is 0.778 bits per heavy atom. The molecule has 1 aliphatic carbocycles. The van der Waals surface area contributed by atoms with E-state index in [2.05, 4.69) is 16.0 Å². The third-order valence-corrected chi connectivity index (χ3v) is 3.58. The summed E-state index contributed by atoms with van der Waals surface area (Å²) in [5.41, 5.74) is 5.42. The lowest BCUT2D eigenvalue weighted by atomic mass is 9.93. The number of nitrogens with one attached hydrogen (secondary N) is 3. The van der Waals surface area contributed by atoms with Crippen LogP contribution in [0.15, 0.2) is 0 Å². The van der Waals surface area contributed by atoms with E-state index in [1.54, 1.807) is 0 Å². The quantitative estimate of drug-likeness (QED) is 0.369. The fraction of sp³-hybridized carbons (Fsp3) is 1.00. The minimum Gasteiger partial charge on any atom is -0.330 e. The molecule has 0 aromatic carbocycles. The lowest BCUT2D eigenvalue weighted by molar-refractivity contribution is 0.338. The van der Waals surface area contributed by atoms with Crippen molar-refractivity contribution in [3.8, 4) is 0 Å². The van der Waals surface area contributed by atoms with Crippen molar-refractivity contribution in [1.82, 2.24) is 16.0 Å². The van der Waals surface area contributed by atoms with Crippen LogP contribution in [0, 0.1) is 0 Å². The van der Waals surface area contributed by atoms with Gasteiger partial charge in [-0.25, -0.2) is 0 Å². The second kappa shape index (κ2) is 11.9. The van der Waals surface area contributed by atoms with E-state index in [4.69, 9.17) is 5.73 Å². The molecule has 1 rings (SSSR count). The molecule has 18 heavy (non-hydrogen) atoms. The summed E-state index contributed by atoms with van der Waals surface area (Å²) >= 11 is 0. The standard InChI is InChI=1S/C14H32N4/c15-8-4-11-16-9-1-2-10-17-12-5-13-18-14-6-3-7-14/h14,16-18H,1-13,15H2. The molecule has 0 heterocycles. The molecule has 1 aliphatic rings. The first-order valence-corrected chi connectivity index (χ1v) is 7.78. The van der Waals surface area contributed by atoms with Gasteiger partial charge in [-0.3, -0.25) is 0 Å². The van der Waals surface area contributed by atoms with Crippen molar-refractivity contribution in [2.24, 2.45) is 5.73 Å². The molecule has 0 radical (unpaired) electrons. The van der Waals surface area contributed by atoms with E-state index in [0.717, 1.165) is 45.2 Å². The van der Waals surface area contributed by atoms with Crippen molar-refractivity contribution in [2.75, 3.05) is 39.3 Å². The van der Waals surface area contributed by atoms with E-state index in [-0.39, 0.29) is 0 Å². The van der Waals surface area contributed by atoms with Gasteiger partial charge in [0.1, 0.15) is 0 Å². The van der Waals surface area contributed by atoms with Crippen molar-refractivity contribution in [2.45, 2.75) is 51.0 Å². The van der Waals surface area contributed by atoms with Gasteiger partial charge in [0.25, 0.3) is 0 Å². The highest BCUT2D eigenvalue weighted by Gasteiger charge is 2.15. The van der Waals surface area contributed by atoms with Crippen molar-refractivity contribution in [1.29, 1.82) is 0 Å². The van der Waals surface area contributed by atoms with E-state index in [9.17, 15) is 0 Å². The largest absolute Gasteiger partial charge is 0.330 e. The van der Waals surface area contributed by atoms with Crippen LogP contribution in [0.5, 0.6) is 0 Å². The first-order chi connectivity index (χ1) is 8.93. The van der Waals surface area contributed by atoms with Gasteiger partial charge in [0.15, 0.2) is 0 Å². The molecular weight excluding hydrogens is 224 g/mol. The molecule has 0 bridgehead atoms. The van der Waals surface area contributed by atoms with Gasteiger partial charge in [-0.05, 0) is 77.8 Å². The van der Waals surface area contributed by atoms with Crippen LogP contribution in [0.3, 0.4) is 0 Å². The Labute approximate surface area is 112 Å². The molecule has 4 heteroatoms. The highest BCUT2D eigenvalue weighted by molar-refractivity contribution is 4.75. The van der Waals surface area contributed by atoms with E-state index in [1.165, 1.54) is 45.1 Å². The number of hydrogen-bond donors (Lipinski definition) is 4. The van der Waals surface area contributed by atoms with E-state index >= 15 is 0 Å². The van der Waals surface area contributed by atoms with Gasteiger partial charge in [0.2, 0.25) is 0 Å². The summed E-state index contributed by atoms with van der Waals surface area (Å²) in [6, 6.07) is 0.838. The minimum atomic E-state index is 0.795. The lowest BCUT2D eigenvalue weighted by Gasteiger charge is -2.26. The maximum absolute atomic E-state index is 5.42. The summed E-state index contributed by atoms with van der Waals surface area (Å²) in [6.45, 7) is 6.48. The topological polar surface area (TPSA) is 62.1 Å². The first kappa shape index (κ1) is 15.9. The summed E-state index contributed by atoms with van der Waals surface area (Å²) in [5.74, 6) is 0. The first-order valence-electron chi connectivity index (χ1n) is 7.78. The summed E-state index contributed by atoms with van der Waals surface area (Å²) in [5, 5.41) is 10.5. The van der Waals surface area contributed by atoms with E-state index < -0.39 is 0 Å². The molecule has 4 nitrogen and oxygen atoms in total. The lowest BCUT2D eigenvalue weighted by Crippen LogP contribution is -2.36. The third kappa shape index (κ3) is 8.86. The predicted molar refractivity (Wildman–Crippen MR) is 78.9 cm³/mol. The van der Waals surface area contributed by atoms with E-state index in [1.807, 2.05) is 0 Å². The number of rotatable bonds is 13. The van der Waals surface area contributed by atoms with Gasteiger partial charge < -0.3 is 21.7 Å². The van der Waals surface area contributed by atoms with Crippen molar-refractivity contribution in [3.63, 3.8) is 0 Å². The van der Waals surface area contributed by atoms with Crippen LogP contribution in [0.4, 0.5) is 0 Å². The normalized spacial score (nSPS) is 15.8. The molecule has 0 saturated heterocycles. The molecule has 0 aromatic rings. The highest BCUT2D eigenvalue weighted by atomic mass is 14.9. The van der Waals surface area contributed by atoms with Gasteiger partial charge in [-0.2, -0.15) is 0 Å². The molecular formula is C14H32N4. The van der Waals surface area contributed by atoms with E-state index in [0.29, 0.717) is 0 Å². The fourth-order valence-electron chi connectivity index (χ4n) is 2.11. The van der Waals surface area contributed by atoms with Gasteiger partial charge in [-0.15, -0.1) is 0 Å². The highest BCUT2D eigenvalue weighted by Crippen LogP contribution is 2.17. The Kier molecular flexibility index (Phi) is 10.5. The molecule has 1 fully saturated rings. The third-order valence-electron chi connectivity index (χ3n) is 3.58. The molecule has 0 aliphatic heterocycles. The Hall–Kier alpha value is -0.160. The second-order valence-electron chi connectivity index (χ2n) is 5.28. The molecule has 0 unspecified atom stereocenters. The maximum Gasteiger partial charge on any atom is 0.00670 e. The summed E-state index contributed by atoms with van der Waals surface area (Å²) in [7, 11) is 0. The number of hydrogen-bond acceptors (Lipinski definition) is 4. The zero-order valence-corrected chi connectivity index (χ0v) is 11.8. The fourth-order valence-corrected chi connectivity index (χ4v) is 2.11. The van der Waals surface area contributed by atoms with Crippen LogP contribution in [0.2, 0.25) is 0 Å². The number of unbranched alkanes of at least 4 members (excludes halogenated alkanes) is 1. The molecule has 0 atom stereocenters.